The molecule has 2 aliphatic rings. The fraction of sp³-hybridized carbons (Fsp3) is 0.256. The Bertz CT molecular complexity index is 2200. The van der Waals surface area contributed by atoms with Crippen LogP contribution in [0.4, 0.5) is 0 Å². The molecule has 2 fully saturated rings. The summed E-state index contributed by atoms with van der Waals surface area (Å²) >= 11 is 6.22. The van der Waals surface area contributed by atoms with Gasteiger partial charge in [0.15, 0.2) is 5.65 Å². The van der Waals surface area contributed by atoms with Gasteiger partial charge < -0.3 is 14.6 Å². The zero-order chi connectivity index (χ0) is 32.8. The molecule has 1 aliphatic carbocycles. The van der Waals surface area contributed by atoms with E-state index in [0.717, 1.165) is 96.3 Å². The van der Waals surface area contributed by atoms with Crippen molar-refractivity contribution in [3.63, 3.8) is 0 Å². The first-order valence-corrected chi connectivity index (χ1v) is 17.0. The summed E-state index contributed by atoms with van der Waals surface area (Å²) in [6, 6.07) is 25.7. The third-order valence-electron chi connectivity index (χ3n) is 9.76. The number of aromatic carboxylic acids is 1. The topological polar surface area (TPSA) is 101 Å². The SMILES string of the molecule is O=C(O)c1cnc2c(c1)nc(-c1ccc3nc(-c4cc(C(=O)N5CCCC5)ccc4-c4ccc(Cl)cc4)ccc3c1)n2C1CCCCC1. The normalized spacial score (nSPS) is 15.4. The van der Waals surface area contributed by atoms with Gasteiger partial charge in [-0.25, -0.2) is 19.7 Å². The van der Waals surface area contributed by atoms with Gasteiger partial charge in [-0.2, -0.15) is 0 Å². The van der Waals surface area contributed by atoms with Gasteiger partial charge in [0.1, 0.15) is 11.3 Å². The number of hydrogen-bond donors (Lipinski definition) is 1. The van der Waals surface area contributed by atoms with Crippen LogP contribution in [0, 0.1) is 0 Å². The summed E-state index contributed by atoms with van der Waals surface area (Å²) in [5.74, 6) is -0.181. The third kappa shape index (κ3) is 5.60. The van der Waals surface area contributed by atoms with E-state index in [4.69, 9.17) is 21.6 Å². The van der Waals surface area contributed by atoms with E-state index < -0.39 is 5.97 Å². The van der Waals surface area contributed by atoms with Gasteiger partial charge in [-0.1, -0.05) is 55.1 Å². The first-order valence-electron chi connectivity index (χ1n) is 16.6. The lowest BCUT2D eigenvalue weighted by atomic mass is 9.94. The summed E-state index contributed by atoms with van der Waals surface area (Å²) in [6.45, 7) is 1.57. The number of carbonyl (C=O) groups is 2. The van der Waals surface area contributed by atoms with Crippen LogP contribution >= 0.6 is 11.6 Å². The molecule has 0 radical (unpaired) electrons. The van der Waals surface area contributed by atoms with Crippen molar-refractivity contribution in [2.45, 2.75) is 51.0 Å². The van der Waals surface area contributed by atoms with Crippen molar-refractivity contribution in [1.29, 1.82) is 0 Å². The lowest BCUT2D eigenvalue weighted by molar-refractivity contribution is 0.0695. The van der Waals surface area contributed by atoms with Gasteiger partial charge in [-0.3, -0.25) is 4.79 Å². The zero-order valence-electron chi connectivity index (χ0n) is 26.4. The Morgan fingerprint density at radius 1 is 0.729 bits per heavy atom. The van der Waals surface area contributed by atoms with Gasteiger partial charge in [-0.15, -0.1) is 0 Å². The monoisotopic (exact) mass is 655 g/mol. The number of fused-ring (bicyclic) bond motifs is 2. The Hall–Kier alpha value is -5.08. The number of likely N-dealkylation sites (tertiary alicyclic amines) is 1. The van der Waals surface area contributed by atoms with Crippen LogP contribution in [0.3, 0.4) is 0 Å². The van der Waals surface area contributed by atoms with Crippen molar-refractivity contribution in [3.05, 3.63) is 101 Å². The summed E-state index contributed by atoms with van der Waals surface area (Å²) < 4.78 is 2.21. The van der Waals surface area contributed by atoms with Gasteiger partial charge in [0.05, 0.1) is 16.8 Å². The highest BCUT2D eigenvalue weighted by molar-refractivity contribution is 6.30. The molecular weight excluding hydrogens is 622 g/mol. The number of carbonyl (C=O) groups excluding carboxylic acids is 1. The summed E-state index contributed by atoms with van der Waals surface area (Å²) in [5, 5.41) is 11.2. The van der Waals surface area contributed by atoms with Gasteiger partial charge in [0, 0.05) is 52.4 Å². The Morgan fingerprint density at radius 3 is 2.27 bits per heavy atom. The largest absolute Gasteiger partial charge is 0.478 e. The maximum absolute atomic E-state index is 13.4. The molecule has 3 aromatic carbocycles. The smallest absolute Gasteiger partial charge is 0.337 e. The number of carboxylic acid groups (broad SMARTS) is 1. The second-order valence-corrected chi connectivity index (χ2v) is 13.3. The average Bonchev–Trinajstić information content (AvgIpc) is 3.80. The number of benzene rings is 3. The fourth-order valence-electron chi connectivity index (χ4n) is 7.28. The van der Waals surface area contributed by atoms with Gasteiger partial charge in [0.25, 0.3) is 5.91 Å². The molecule has 0 atom stereocenters. The lowest BCUT2D eigenvalue weighted by Gasteiger charge is -2.25. The number of hydrogen-bond acceptors (Lipinski definition) is 5. The zero-order valence-corrected chi connectivity index (χ0v) is 27.2. The molecule has 8 nitrogen and oxygen atoms in total. The van der Waals surface area contributed by atoms with Crippen LogP contribution < -0.4 is 0 Å². The molecule has 3 aromatic heterocycles. The van der Waals surface area contributed by atoms with Crippen molar-refractivity contribution in [3.8, 4) is 33.8 Å². The first-order chi connectivity index (χ1) is 23.4. The number of imidazole rings is 1. The van der Waals surface area contributed by atoms with E-state index in [-0.39, 0.29) is 17.5 Å². The molecule has 4 heterocycles. The minimum atomic E-state index is -1.02. The van der Waals surface area contributed by atoms with E-state index >= 15 is 0 Å². The molecule has 0 bridgehead atoms. The second kappa shape index (κ2) is 12.5. The van der Waals surface area contributed by atoms with E-state index in [9.17, 15) is 14.7 Å². The molecule has 1 N–H and O–H groups in total. The molecule has 1 saturated carbocycles. The third-order valence-corrected chi connectivity index (χ3v) is 10.0. The maximum atomic E-state index is 13.4. The van der Waals surface area contributed by atoms with Gasteiger partial charge in [-0.05, 0) is 91.4 Å². The van der Waals surface area contributed by atoms with Crippen LogP contribution in [0.1, 0.15) is 71.7 Å². The number of nitrogens with zero attached hydrogens (tertiary/aromatic N) is 5. The molecule has 1 amide bonds. The van der Waals surface area contributed by atoms with E-state index in [1.807, 2.05) is 65.6 Å². The van der Waals surface area contributed by atoms with Crippen LogP contribution in [0.5, 0.6) is 0 Å². The predicted molar refractivity (Wildman–Crippen MR) is 188 cm³/mol. The van der Waals surface area contributed by atoms with Crippen LogP contribution in [0.2, 0.25) is 5.02 Å². The summed E-state index contributed by atoms with van der Waals surface area (Å²) in [5.41, 5.74) is 7.46. The number of halogens is 1. The molecule has 6 aromatic rings. The van der Waals surface area contributed by atoms with Crippen molar-refractivity contribution >= 4 is 45.5 Å². The highest BCUT2D eigenvalue weighted by atomic mass is 35.5. The van der Waals surface area contributed by atoms with Gasteiger partial charge >= 0.3 is 5.97 Å². The lowest BCUT2D eigenvalue weighted by Crippen LogP contribution is -2.27. The predicted octanol–water partition coefficient (Wildman–Crippen LogP) is 9.07. The Balaban J connectivity index is 1.22. The molecule has 1 saturated heterocycles. The Kier molecular flexibility index (Phi) is 7.89. The van der Waals surface area contributed by atoms with E-state index in [0.29, 0.717) is 21.7 Å². The quantitative estimate of drug-likeness (QED) is 0.192. The average molecular weight is 656 g/mol. The molecule has 9 heteroatoms. The summed E-state index contributed by atoms with van der Waals surface area (Å²) in [6.07, 6.45) is 9.07. The number of amides is 1. The molecule has 48 heavy (non-hydrogen) atoms. The number of aromatic nitrogens is 4. The van der Waals surface area contributed by atoms with Crippen LogP contribution in [0.25, 0.3) is 55.8 Å². The minimum absolute atomic E-state index is 0.0488. The van der Waals surface area contributed by atoms with Crippen molar-refractivity contribution in [1.82, 2.24) is 24.4 Å². The van der Waals surface area contributed by atoms with Crippen molar-refractivity contribution in [2.75, 3.05) is 13.1 Å². The van der Waals surface area contributed by atoms with E-state index in [2.05, 4.69) is 21.7 Å². The van der Waals surface area contributed by atoms with Gasteiger partial charge in [0.2, 0.25) is 0 Å². The Morgan fingerprint density at radius 2 is 1.50 bits per heavy atom. The standard InChI is InChI=1S/C39H34ClN5O3/c40-29-13-8-24(9-14-29)31-15-10-27(38(46)44-18-4-5-19-44)21-32(31)34-17-11-25-20-26(12-16-33(25)42-34)36-43-35-22-28(39(47)48)23-41-37(35)45(36)30-6-2-1-3-7-30/h8-17,20-23,30H,1-7,18-19H2,(H,47,48). The number of carboxylic acids is 1. The van der Waals surface area contributed by atoms with Crippen LogP contribution in [0.15, 0.2) is 85.1 Å². The van der Waals surface area contributed by atoms with E-state index in [1.165, 1.54) is 12.6 Å². The van der Waals surface area contributed by atoms with Crippen molar-refractivity contribution < 1.29 is 14.7 Å². The number of pyridine rings is 2. The molecule has 240 valence electrons. The Labute approximate surface area is 283 Å². The summed E-state index contributed by atoms with van der Waals surface area (Å²) in [4.78, 5) is 41.7. The van der Waals surface area contributed by atoms with E-state index in [1.54, 1.807) is 6.07 Å². The molecule has 0 unspecified atom stereocenters. The van der Waals surface area contributed by atoms with Crippen molar-refractivity contribution in [2.24, 2.45) is 0 Å². The first kappa shape index (κ1) is 30.3. The number of rotatable bonds is 6. The minimum Gasteiger partial charge on any atom is -0.478 e. The fourth-order valence-corrected chi connectivity index (χ4v) is 7.40. The highest BCUT2D eigenvalue weighted by Gasteiger charge is 2.25. The van der Waals surface area contributed by atoms with Crippen LogP contribution in [-0.2, 0) is 0 Å². The van der Waals surface area contributed by atoms with Crippen LogP contribution in [-0.4, -0.2) is 54.5 Å². The maximum Gasteiger partial charge on any atom is 0.337 e. The highest BCUT2D eigenvalue weighted by Crippen LogP contribution is 2.38. The molecule has 0 spiro atoms. The summed E-state index contributed by atoms with van der Waals surface area (Å²) in [7, 11) is 0. The molecular formula is C39H34ClN5O3. The molecule has 8 rings (SSSR count). The second-order valence-electron chi connectivity index (χ2n) is 12.8. The molecule has 1 aliphatic heterocycles.